The Hall–Kier alpha value is -2.01. The lowest BCUT2D eigenvalue weighted by molar-refractivity contribution is 0.0692. The molecule has 2 rings (SSSR count). The number of carboxylic acids is 1. The molecule has 1 aromatic carbocycles. The first kappa shape index (κ1) is 11.5. The SMILES string of the molecule is O=C(O)c1ccc(-c2nccnc2Cl)cc1F. The third kappa shape index (κ3) is 2.24. The second kappa shape index (κ2) is 4.47. The zero-order valence-electron chi connectivity index (χ0n) is 8.39. The molecule has 1 heterocycles. The van der Waals surface area contributed by atoms with Crippen LogP contribution >= 0.6 is 11.6 Å². The maximum absolute atomic E-state index is 13.4. The van der Waals surface area contributed by atoms with Crippen molar-refractivity contribution in [3.63, 3.8) is 0 Å². The van der Waals surface area contributed by atoms with Crippen molar-refractivity contribution in [1.82, 2.24) is 9.97 Å². The monoisotopic (exact) mass is 252 g/mol. The lowest BCUT2D eigenvalue weighted by atomic mass is 10.1. The summed E-state index contributed by atoms with van der Waals surface area (Å²) in [5.74, 6) is -2.16. The van der Waals surface area contributed by atoms with Crippen LogP contribution in [0.5, 0.6) is 0 Å². The first-order valence-corrected chi connectivity index (χ1v) is 4.97. The summed E-state index contributed by atoms with van der Waals surface area (Å²) in [6.45, 7) is 0. The summed E-state index contributed by atoms with van der Waals surface area (Å²) in [7, 11) is 0. The molecule has 0 aliphatic rings. The minimum absolute atomic E-state index is 0.134. The van der Waals surface area contributed by atoms with E-state index in [1.54, 1.807) is 0 Å². The second-order valence-corrected chi connectivity index (χ2v) is 3.55. The standard InChI is InChI=1S/C11H6ClFN2O2/c12-10-9(14-3-4-15-10)6-1-2-7(11(16)17)8(13)5-6/h1-5H,(H,16,17). The number of hydrogen-bond acceptors (Lipinski definition) is 3. The summed E-state index contributed by atoms with van der Waals surface area (Å²) in [5.41, 5.74) is 0.296. The summed E-state index contributed by atoms with van der Waals surface area (Å²) in [6, 6.07) is 3.67. The fourth-order valence-corrected chi connectivity index (χ4v) is 1.56. The van der Waals surface area contributed by atoms with Crippen LogP contribution in [0.25, 0.3) is 11.3 Å². The lowest BCUT2D eigenvalue weighted by Gasteiger charge is -2.03. The van der Waals surface area contributed by atoms with Crippen LogP contribution in [0.3, 0.4) is 0 Å². The maximum atomic E-state index is 13.4. The van der Waals surface area contributed by atoms with Crippen LogP contribution < -0.4 is 0 Å². The smallest absolute Gasteiger partial charge is 0.338 e. The zero-order chi connectivity index (χ0) is 12.4. The molecule has 0 saturated heterocycles. The van der Waals surface area contributed by atoms with Gasteiger partial charge in [0.15, 0.2) is 5.15 Å². The van der Waals surface area contributed by atoms with Crippen LogP contribution in [0, 0.1) is 5.82 Å². The van der Waals surface area contributed by atoms with E-state index < -0.39 is 17.3 Å². The van der Waals surface area contributed by atoms with Crippen LogP contribution in [0.2, 0.25) is 5.15 Å². The average molecular weight is 253 g/mol. The summed E-state index contributed by atoms with van der Waals surface area (Å²) >= 11 is 5.80. The van der Waals surface area contributed by atoms with Gasteiger partial charge in [0.05, 0.1) is 5.56 Å². The Morgan fingerprint density at radius 2 is 2.00 bits per heavy atom. The van der Waals surface area contributed by atoms with Gasteiger partial charge in [0, 0.05) is 18.0 Å². The number of halogens is 2. The molecular weight excluding hydrogens is 247 g/mol. The average Bonchev–Trinajstić information content (AvgIpc) is 2.29. The number of rotatable bonds is 2. The molecule has 4 nitrogen and oxygen atoms in total. The van der Waals surface area contributed by atoms with E-state index in [1.807, 2.05) is 0 Å². The van der Waals surface area contributed by atoms with E-state index in [0.717, 1.165) is 12.1 Å². The second-order valence-electron chi connectivity index (χ2n) is 3.20. The Labute approximate surface area is 101 Å². The Kier molecular flexibility index (Phi) is 3.01. The predicted octanol–water partition coefficient (Wildman–Crippen LogP) is 2.63. The van der Waals surface area contributed by atoms with Gasteiger partial charge in [-0.05, 0) is 12.1 Å². The fourth-order valence-electron chi connectivity index (χ4n) is 1.35. The van der Waals surface area contributed by atoms with Crippen LogP contribution in [-0.2, 0) is 0 Å². The van der Waals surface area contributed by atoms with Gasteiger partial charge in [0.1, 0.15) is 11.5 Å². The van der Waals surface area contributed by atoms with Crippen LogP contribution in [0.4, 0.5) is 4.39 Å². The molecule has 0 bridgehead atoms. The molecule has 86 valence electrons. The van der Waals surface area contributed by atoms with E-state index in [1.165, 1.54) is 18.5 Å². The molecule has 1 aromatic heterocycles. The van der Waals surface area contributed by atoms with E-state index >= 15 is 0 Å². The zero-order valence-corrected chi connectivity index (χ0v) is 9.15. The molecule has 0 fully saturated rings. The molecule has 0 aliphatic carbocycles. The van der Waals surface area contributed by atoms with Crippen molar-refractivity contribution in [1.29, 1.82) is 0 Å². The molecule has 0 unspecified atom stereocenters. The highest BCUT2D eigenvalue weighted by Gasteiger charge is 2.13. The molecule has 2 aromatic rings. The summed E-state index contributed by atoms with van der Waals surface area (Å²) in [6.07, 6.45) is 2.83. The first-order valence-electron chi connectivity index (χ1n) is 4.59. The number of carboxylic acid groups (broad SMARTS) is 1. The van der Waals surface area contributed by atoms with E-state index in [4.69, 9.17) is 16.7 Å². The minimum atomic E-state index is -1.32. The first-order chi connectivity index (χ1) is 8.09. The molecule has 1 N–H and O–H groups in total. The van der Waals surface area contributed by atoms with Gasteiger partial charge in [-0.1, -0.05) is 17.7 Å². The van der Waals surface area contributed by atoms with Gasteiger partial charge < -0.3 is 5.11 Å². The van der Waals surface area contributed by atoms with Gasteiger partial charge in [-0.25, -0.2) is 14.2 Å². The van der Waals surface area contributed by atoms with E-state index in [9.17, 15) is 9.18 Å². The summed E-state index contributed by atoms with van der Waals surface area (Å²) < 4.78 is 13.4. The summed E-state index contributed by atoms with van der Waals surface area (Å²) in [5, 5.41) is 8.82. The molecule has 0 atom stereocenters. The van der Waals surface area contributed by atoms with Gasteiger partial charge in [0.25, 0.3) is 0 Å². The molecule has 0 radical (unpaired) electrons. The van der Waals surface area contributed by atoms with Gasteiger partial charge in [-0.2, -0.15) is 0 Å². The van der Waals surface area contributed by atoms with Gasteiger partial charge in [0.2, 0.25) is 0 Å². The van der Waals surface area contributed by atoms with Crippen molar-refractivity contribution in [3.05, 3.63) is 47.1 Å². The number of benzene rings is 1. The third-order valence-corrected chi connectivity index (χ3v) is 2.40. The van der Waals surface area contributed by atoms with Crippen molar-refractivity contribution in [2.75, 3.05) is 0 Å². The van der Waals surface area contributed by atoms with Gasteiger partial charge in [-0.15, -0.1) is 0 Å². The molecular formula is C11H6ClFN2O2. The van der Waals surface area contributed by atoms with E-state index in [2.05, 4.69) is 9.97 Å². The highest BCUT2D eigenvalue weighted by atomic mass is 35.5. The van der Waals surface area contributed by atoms with Crippen molar-refractivity contribution in [2.45, 2.75) is 0 Å². The van der Waals surface area contributed by atoms with E-state index in [0.29, 0.717) is 11.3 Å². The summed E-state index contributed by atoms with van der Waals surface area (Å²) in [4.78, 5) is 18.4. The topological polar surface area (TPSA) is 63.1 Å². The molecule has 17 heavy (non-hydrogen) atoms. The quantitative estimate of drug-likeness (QED) is 0.892. The van der Waals surface area contributed by atoms with Gasteiger partial charge in [-0.3, -0.25) is 4.98 Å². The molecule has 6 heteroatoms. The van der Waals surface area contributed by atoms with Crippen LogP contribution in [0.1, 0.15) is 10.4 Å². The van der Waals surface area contributed by atoms with Crippen LogP contribution in [-0.4, -0.2) is 21.0 Å². The van der Waals surface area contributed by atoms with Crippen molar-refractivity contribution in [3.8, 4) is 11.3 Å². The Balaban J connectivity index is 2.52. The van der Waals surface area contributed by atoms with Crippen molar-refractivity contribution >= 4 is 17.6 Å². The predicted molar refractivity (Wildman–Crippen MR) is 59.4 cm³/mol. The molecule has 0 saturated carbocycles. The highest BCUT2D eigenvalue weighted by Crippen LogP contribution is 2.24. The number of carbonyl (C=O) groups is 1. The van der Waals surface area contributed by atoms with E-state index in [-0.39, 0.29) is 5.15 Å². The Morgan fingerprint density at radius 1 is 1.29 bits per heavy atom. The fraction of sp³-hybridized carbons (Fsp3) is 0. The normalized spacial score (nSPS) is 10.2. The Bertz CT molecular complexity index is 589. The lowest BCUT2D eigenvalue weighted by Crippen LogP contribution is -2.00. The van der Waals surface area contributed by atoms with Crippen molar-refractivity contribution < 1.29 is 14.3 Å². The largest absolute Gasteiger partial charge is 0.478 e. The third-order valence-electron chi connectivity index (χ3n) is 2.13. The highest BCUT2D eigenvalue weighted by molar-refractivity contribution is 6.31. The van der Waals surface area contributed by atoms with Gasteiger partial charge >= 0.3 is 5.97 Å². The number of nitrogens with zero attached hydrogens (tertiary/aromatic N) is 2. The molecule has 0 aliphatic heterocycles. The van der Waals surface area contributed by atoms with Crippen molar-refractivity contribution in [2.24, 2.45) is 0 Å². The number of aromatic nitrogens is 2. The van der Waals surface area contributed by atoms with Crippen LogP contribution in [0.15, 0.2) is 30.6 Å². The maximum Gasteiger partial charge on any atom is 0.338 e. The molecule has 0 spiro atoms. The Morgan fingerprint density at radius 3 is 2.59 bits per heavy atom. The minimum Gasteiger partial charge on any atom is -0.478 e. The number of aromatic carboxylic acids is 1. The number of hydrogen-bond donors (Lipinski definition) is 1. The molecule has 0 amide bonds.